The van der Waals surface area contributed by atoms with Gasteiger partial charge in [-0.1, -0.05) is 19.8 Å². The van der Waals surface area contributed by atoms with E-state index in [9.17, 15) is 9.59 Å². The van der Waals surface area contributed by atoms with Crippen molar-refractivity contribution in [3.8, 4) is 11.3 Å². The number of rotatable bonds is 4. The van der Waals surface area contributed by atoms with Gasteiger partial charge in [0.15, 0.2) is 5.76 Å². The van der Waals surface area contributed by atoms with E-state index >= 15 is 0 Å². The fourth-order valence-electron chi connectivity index (χ4n) is 5.29. The number of aryl methyl sites for hydroxylation is 2. The van der Waals surface area contributed by atoms with Crippen LogP contribution in [-0.4, -0.2) is 58.8 Å². The third-order valence-corrected chi connectivity index (χ3v) is 7.17. The Bertz CT molecular complexity index is 1020. The molecule has 1 aliphatic heterocycles. The minimum Gasteiger partial charge on any atom is -0.455 e. The van der Waals surface area contributed by atoms with Crippen LogP contribution in [0.15, 0.2) is 10.6 Å². The number of nitrogens with one attached hydrogen (secondary N) is 1. The molecule has 1 saturated carbocycles. The van der Waals surface area contributed by atoms with E-state index in [1.807, 2.05) is 13.1 Å². The number of carbonyl (C=O) groups is 2. The second kappa shape index (κ2) is 8.73. The number of ether oxygens (including phenoxy) is 1. The van der Waals surface area contributed by atoms with Crippen LogP contribution in [0, 0.1) is 12.8 Å². The largest absolute Gasteiger partial charge is 0.455 e. The summed E-state index contributed by atoms with van der Waals surface area (Å²) in [5, 5.41) is 7.95. The highest BCUT2D eigenvalue weighted by Gasteiger charge is 2.32. The number of aromatic nitrogens is 2. The molecule has 2 amide bonds. The van der Waals surface area contributed by atoms with E-state index in [1.165, 1.54) is 19.3 Å². The number of nitrogens with zero attached hydrogens (tertiary/aromatic N) is 3. The summed E-state index contributed by atoms with van der Waals surface area (Å²) in [7, 11) is 0. The first kappa shape index (κ1) is 21.2. The second-order valence-electron chi connectivity index (χ2n) is 9.40. The number of fused-ring (bicyclic) bond motifs is 3. The Hall–Kier alpha value is -2.61. The number of amides is 2. The van der Waals surface area contributed by atoms with Crippen LogP contribution in [0.4, 0.5) is 0 Å². The molecule has 3 heterocycles. The Labute approximate surface area is 188 Å². The molecule has 0 radical (unpaired) electrons. The smallest absolute Gasteiger partial charge is 0.290 e. The maximum atomic E-state index is 13.0. The zero-order valence-electron chi connectivity index (χ0n) is 19.0. The van der Waals surface area contributed by atoms with E-state index in [-0.39, 0.29) is 24.4 Å². The molecular formula is C24H32N4O4. The van der Waals surface area contributed by atoms with Gasteiger partial charge in [0.05, 0.1) is 18.9 Å². The van der Waals surface area contributed by atoms with Gasteiger partial charge in [0.25, 0.3) is 5.91 Å². The first-order chi connectivity index (χ1) is 15.5. The third kappa shape index (κ3) is 3.96. The highest BCUT2D eigenvalue weighted by molar-refractivity contribution is 5.95. The molecular weight excluding hydrogens is 408 g/mol. The van der Waals surface area contributed by atoms with E-state index in [0.29, 0.717) is 38.0 Å². The molecule has 1 N–H and O–H groups in total. The molecule has 0 aromatic carbocycles. The summed E-state index contributed by atoms with van der Waals surface area (Å²) in [5.41, 5.74) is 3.70. The summed E-state index contributed by atoms with van der Waals surface area (Å²) in [6.07, 6.45) is 8.16. The van der Waals surface area contributed by atoms with Crippen molar-refractivity contribution in [2.24, 2.45) is 5.92 Å². The fourth-order valence-corrected chi connectivity index (χ4v) is 5.29. The molecule has 1 saturated heterocycles. The number of hydrogen-bond donors (Lipinski definition) is 1. The standard InChI is InChI=1S/C24H32N4O4/c1-15-5-3-4-6-18(15)25-20(29)14-28-13-17-7-8-19-21(22(17)26-28)16(2)23(32-19)24(30)27-9-11-31-12-10-27/h13,15,18H,3-12,14H2,1-2H3,(H,25,29). The van der Waals surface area contributed by atoms with Crippen molar-refractivity contribution >= 4 is 11.8 Å². The van der Waals surface area contributed by atoms with E-state index < -0.39 is 0 Å². The lowest BCUT2D eigenvalue weighted by molar-refractivity contribution is -0.123. The minimum absolute atomic E-state index is 0.0101. The van der Waals surface area contributed by atoms with Crippen LogP contribution in [0.1, 0.15) is 60.0 Å². The Kier molecular flexibility index (Phi) is 5.80. The summed E-state index contributed by atoms with van der Waals surface area (Å²) in [6, 6.07) is 0.262. The predicted molar refractivity (Wildman–Crippen MR) is 118 cm³/mol. The van der Waals surface area contributed by atoms with Crippen molar-refractivity contribution in [2.75, 3.05) is 26.3 Å². The molecule has 3 aliphatic rings. The molecule has 32 heavy (non-hydrogen) atoms. The zero-order valence-corrected chi connectivity index (χ0v) is 19.0. The van der Waals surface area contributed by atoms with E-state index in [4.69, 9.17) is 14.3 Å². The fraction of sp³-hybridized carbons (Fsp3) is 0.625. The van der Waals surface area contributed by atoms with Gasteiger partial charge in [-0.2, -0.15) is 5.10 Å². The summed E-state index contributed by atoms with van der Waals surface area (Å²) >= 11 is 0. The molecule has 2 unspecified atom stereocenters. The van der Waals surface area contributed by atoms with Crippen LogP contribution in [0.2, 0.25) is 0 Å². The highest BCUT2D eigenvalue weighted by Crippen LogP contribution is 2.38. The number of furan rings is 1. The van der Waals surface area contributed by atoms with Gasteiger partial charge in [0.2, 0.25) is 5.91 Å². The Balaban J connectivity index is 1.34. The van der Waals surface area contributed by atoms with E-state index in [2.05, 4.69) is 12.2 Å². The molecule has 0 spiro atoms. The normalized spacial score (nSPS) is 22.9. The number of hydrogen-bond acceptors (Lipinski definition) is 5. The van der Waals surface area contributed by atoms with Gasteiger partial charge in [0.1, 0.15) is 12.3 Å². The molecule has 2 fully saturated rings. The lowest BCUT2D eigenvalue weighted by atomic mass is 9.86. The SMILES string of the molecule is Cc1c(C(=O)N2CCOCC2)oc2c1-c1nn(CC(=O)NC3CCCCC3C)cc1CC2. The quantitative estimate of drug-likeness (QED) is 0.790. The molecule has 2 aliphatic carbocycles. The third-order valence-electron chi connectivity index (χ3n) is 7.17. The van der Waals surface area contributed by atoms with Crippen molar-refractivity contribution < 1.29 is 18.7 Å². The van der Waals surface area contributed by atoms with E-state index in [1.54, 1.807) is 9.58 Å². The van der Waals surface area contributed by atoms with Crippen LogP contribution in [0.5, 0.6) is 0 Å². The minimum atomic E-state index is -0.0813. The lowest BCUT2D eigenvalue weighted by Crippen LogP contribution is -2.42. The van der Waals surface area contributed by atoms with Crippen LogP contribution in [0.25, 0.3) is 11.3 Å². The molecule has 8 heteroatoms. The van der Waals surface area contributed by atoms with E-state index in [0.717, 1.165) is 47.4 Å². The lowest BCUT2D eigenvalue weighted by Gasteiger charge is -2.29. The topological polar surface area (TPSA) is 89.6 Å². The molecule has 8 nitrogen and oxygen atoms in total. The average molecular weight is 441 g/mol. The van der Waals surface area contributed by atoms with Crippen LogP contribution < -0.4 is 5.32 Å². The van der Waals surface area contributed by atoms with Crippen molar-refractivity contribution in [3.05, 3.63) is 28.8 Å². The second-order valence-corrected chi connectivity index (χ2v) is 9.40. The predicted octanol–water partition coefficient (Wildman–Crippen LogP) is 2.72. The first-order valence-electron chi connectivity index (χ1n) is 11.9. The summed E-state index contributed by atoms with van der Waals surface area (Å²) in [4.78, 5) is 27.5. The van der Waals surface area contributed by atoms with Crippen LogP contribution in [0.3, 0.4) is 0 Å². The first-order valence-corrected chi connectivity index (χ1v) is 11.9. The average Bonchev–Trinajstić information content (AvgIpc) is 3.35. The highest BCUT2D eigenvalue weighted by atomic mass is 16.5. The number of morpholine rings is 1. The van der Waals surface area contributed by atoms with Crippen molar-refractivity contribution in [1.29, 1.82) is 0 Å². The van der Waals surface area contributed by atoms with Gasteiger partial charge in [-0.3, -0.25) is 14.3 Å². The zero-order chi connectivity index (χ0) is 22.2. The van der Waals surface area contributed by atoms with Gasteiger partial charge < -0.3 is 19.4 Å². The summed E-state index contributed by atoms with van der Waals surface area (Å²) in [6.45, 7) is 6.64. The van der Waals surface area contributed by atoms with Crippen molar-refractivity contribution in [3.63, 3.8) is 0 Å². The summed E-state index contributed by atoms with van der Waals surface area (Å²) in [5.74, 6) is 1.68. The monoisotopic (exact) mass is 440 g/mol. The van der Waals surface area contributed by atoms with Crippen molar-refractivity contribution in [1.82, 2.24) is 20.0 Å². The van der Waals surface area contributed by atoms with Crippen LogP contribution >= 0.6 is 0 Å². The number of carbonyl (C=O) groups excluding carboxylic acids is 2. The molecule has 172 valence electrons. The Morgan fingerprint density at radius 2 is 1.97 bits per heavy atom. The maximum Gasteiger partial charge on any atom is 0.290 e. The van der Waals surface area contributed by atoms with Crippen molar-refractivity contribution in [2.45, 2.75) is 65.0 Å². The summed E-state index contributed by atoms with van der Waals surface area (Å²) < 4.78 is 13.1. The van der Waals surface area contributed by atoms with Gasteiger partial charge in [0, 0.05) is 42.9 Å². The van der Waals surface area contributed by atoms with Crippen LogP contribution in [-0.2, 0) is 28.9 Å². The molecule has 0 bridgehead atoms. The van der Waals surface area contributed by atoms with Gasteiger partial charge >= 0.3 is 0 Å². The van der Waals surface area contributed by atoms with Gasteiger partial charge in [-0.15, -0.1) is 0 Å². The Morgan fingerprint density at radius 1 is 1.19 bits per heavy atom. The Morgan fingerprint density at radius 3 is 2.75 bits per heavy atom. The molecule has 2 atom stereocenters. The molecule has 5 rings (SSSR count). The molecule has 2 aromatic heterocycles. The maximum absolute atomic E-state index is 13.0. The van der Waals surface area contributed by atoms with Gasteiger partial charge in [-0.05, 0) is 37.7 Å². The molecule has 2 aromatic rings. The van der Waals surface area contributed by atoms with Gasteiger partial charge in [-0.25, -0.2) is 0 Å².